The number of likely N-dealkylation sites (N-methyl/N-ethyl adjacent to an activating group) is 1. The molecule has 0 bridgehead atoms. The highest BCUT2D eigenvalue weighted by molar-refractivity contribution is 6.34. The molecular weight excluding hydrogens is 264 g/mol. The van der Waals surface area contributed by atoms with Crippen LogP contribution in [-0.4, -0.2) is 58.2 Å². The van der Waals surface area contributed by atoms with Crippen LogP contribution in [0.15, 0.2) is 0 Å². The van der Waals surface area contributed by atoms with Crippen LogP contribution >= 0.6 is 11.6 Å². The summed E-state index contributed by atoms with van der Waals surface area (Å²) in [6.07, 6.45) is 0. The van der Waals surface area contributed by atoms with E-state index in [-0.39, 0.29) is 5.91 Å². The van der Waals surface area contributed by atoms with Gasteiger partial charge in [0.05, 0.1) is 10.7 Å². The van der Waals surface area contributed by atoms with Gasteiger partial charge in [0, 0.05) is 32.7 Å². The lowest BCUT2D eigenvalue weighted by atomic mass is 10.2. The summed E-state index contributed by atoms with van der Waals surface area (Å²) in [6.45, 7) is 11.0. The number of amides is 1. The van der Waals surface area contributed by atoms with Crippen LogP contribution in [0, 0.1) is 6.92 Å². The topological polar surface area (TPSA) is 41.4 Å². The minimum absolute atomic E-state index is 0.00297. The quantitative estimate of drug-likeness (QED) is 0.847. The van der Waals surface area contributed by atoms with E-state index < -0.39 is 0 Å². The third-order valence-corrected chi connectivity index (χ3v) is 4.12. The van der Waals surface area contributed by atoms with Gasteiger partial charge in [-0.2, -0.15) is 5.10 Å². The largest absolute Gasteiger partial charge is 0.335 e. The van der Waals surface area contributed by atoms with Crippen LogP contribution < -0.4 is 0 Å². The summed E-state index contributed by atoms with van der Waals surface area (Å²) in [5.74, 6) is 0.00297. The molecule has 19 heavy (non-hydrogen) atoms. The van der Waals surface area contributed by atoms with E-state index in [4.69, 9.17) is 11.6 Å². The highest BCUT2D eigenvalue weighted by Gasteiger charge is 2.27. The molecule has 5 nitrogen and oxygen atoms in total. The van der Waals surface area contributed by atoms with Crippen molar-refractivity contribution >= 4 is 17.5 Å². The van der Waals surface area contributed by atoms with E-state index in [1.807, 2.05) is 18.7 Å². The Kier molecular flexibility index (Phi) is 4.47. The number of aryl methyl sites for hydroxylation is 2. The molecule has 1 fully saturated rings. The molecule has 1 amide bonds. The fourth-order valence-corrected chi connectivity index (χ4v) is 2.63. The number of piperazine rings is 1. The SMILES string of the molecule is CCN1CCN(C(=O)c2c(Cl)c(C)nn2CC)CC1. The highest BCUT2D eigenvalue weighted by Crippen LogP contribution is 2.22. The average molecular weight is 285 g/mol. The zero-order valence-corrected chi connectivity index (χ0v) is 12.6. The van der Waals surface area contributed by atoms with Crippen LogP contribution in [0.3, 0.4) is 0 Å². The van der Waals surface area contributed by atoms with E-state index in [1.54, 1.807) is 4.68 Å². The number of aromatic nitrogens is 2. The second kappa shape index (κ2) is 5.92. The molecule has 1 saturated heterocycles. The third kappa shape index (κ3) is 2.77. The van der Waals surface area contributed by atoms with Crippen molar-refractivity contribution in [2.24, 2.45) is 0 Å². The van der Waals surface area contributed by atoms with Gasteiger partial charge in [-0.05, 0) is 20.4 Å². The van der Waals surface area contributed by atoms with Crippen molar-refractivity contribution in [3.63, 3.8) is 0 Å². The van der Waals surface area contributed by atoms with Crippen LogP contribution in [0.2, 0.25) is 5.02 Å². The van der Waals surface area contributed by atoms with Gasteiger partial charge in [0.15, 0.2) is 0 Å². The van der Waals surface area contributed by atoms with E-state index in [2.05, 4.69) is 16.9 Å². The lowest BCUT2D eigenvalue weighted by molar-refractivity contribution is 0.0631. The Hall–Kier alpha value is -1.07. The monoisotopic (exact) mass is 284 g/mol. The molecular formula is C13H21ClN4O. The molecule has 0 unspecified atom stereocenters. The molecule has 0 atom stereocenters. The molecule has 6 heteroatoms. The first kappa shape index (κ1) is 14.3. The molecule has 0 aliphatic carbocycles. The summed E-state index contributed by atoms with van der Waals surface area (Å²) < 4.78 is 1.70. The van der Waals surface area contributed by atoms with Gasteiger partial charge >= 0.3 is 0 Å². The predicted molar refractivity (Wildman–Crippen MR) is 75.7 cm³/mol. The summed E-state index contributed by atoms with van der Waals surface area (Å²) >= 11 is 6.22. The summed E-state index contributed by atoms with van der Waals surface area (Å²) in [5, 5.41) is 4.79. The predicted octanol–water partition coefficient (Wildman–Crippen LogP) is 1.64. The molecule has 106 valence electrons. The third-order valence-electron chi connectivity index (χ3n) is 3.66. The number of rotatable bonds is 3. The van der Waals surface area contributed by atoms with Crippen molar-refractivity contribution in [1.29, 1.82) is 0 Å². The Bertz CT molecular complexity index is 463. The minimum Gasteiger partial charge on any atom is -0.335 e. The van der Waals surface area contributed by atoms with Gasteiger partial charge in [-0.1, -0.05) is 18.5 Å². The zero-order chi connectivity index (χ0) is 14.0. The lowest BCUT2D eigenvalue weighted by Crippen LogP contribution is -2.48. The minimum atomic E-state index is 0.00297. The van der Waals surface area contributed by atoms with Gasteiger partial charge in [0.2, 0.25) is 0 Å². The molecule has 0 saturated carbocycles. The van der Waals surface area contributed by atoms with Crippen LogP contribution in [0.1, 0.15) is 30.0 Å². The Morgan fingerprint density at radius 2 is 1.84 bits per heavy atom. The number of carbonyl (C=O) groups excluding carboxylic acids is 1. The van der Waals surface area contributed by atoms with Crippen molar-refractivity contribution < 1.29 is 4.79 Å². The van der Waals surface area contributed by atoms with E-state index in [1.165, 1.54) is 0 Å². The van der Waals surface area contributed by atoms with Crippen LogP contribution in [0.5, 0.6) is 0 Å². The van der Waals surface area contributed by atoms with Crippen molar-refractivity contribution in [3.8, 4) is 0 Å². The Balaban J connectivity index is 2.16. The van der Waals surface area contributed by atoms with E-state index in [0.717, 1.165) is 38.4 Å². The first-order chi connectivity index (χ1) is 9.08. The zero-order valence-electron chi connectivity index (χ0n) is 11.8. The Labute approximate surface area is 119 Å². The van der Waals surface area contributed by atoms with Gasteiger partial charge in [-0.3, -0.25) is 9.48 Å². The molecule has 0 aromatic carbocycles. The van der Waals surface area contributed by atoms with Crippen molar-refractivity contribution in [2.75, 3.05) is 32.7 Å². The maximum Gasteiger partial charge on any atom is 0.273 e. The first-order valence-corrected chi connectivity index (χ1v) is 7.20. The van der Waals surface area contributed by atoms with E-state index in [9.17, 15) is 4.79 Å². The second-order valence-corrected chi connectivity index (χ2v) is 5.17. The van der Waals surface area contributed by atoms with Gasteiger partial charge < -0.3 is 9.80 Å². The molecule has 1 aliphatic heterocycles. The molecule has 1 aromatic heterocycles. The van der Waals surface area contributed by atoms with Gasteiger partial charge in [-0.15, -0.1) is 0 Å². The Morgan fingerprint density at radius 3 is 2.37 bits per heavy atom. The normalized spacial score (nSPS) is 16.9. The lowest BCUT2D eigenvalue weighted by Gasteiger charge is -2.34. The smallest absolute Gasteiger partial charge is 0.273 e. The number of carbonyl (C=O) groups is 1. The molecule has 2 rings (SSSR count). The van der Waals surface area contributed by atoms with E-state index in [0.29, 0.717) is 17.3 Å². The molecule has 0 spiro atoms. The van der Waals surface area contributed by atoms with Crippen molar-refractivity contribution in [2.45, 2.75) is 27.3 Å². The van der Waals surface area contributed by atoms with Crippen molar-refractivity contribution in [1.82, 2.24) is 19.6 Å². The summed E-state index contributed by atoms with van der Waals surface area (Å²) in [4.78, 5) is 16.8. The number of hydrogen-bond donors (Lipinski definition) is 0. The summed E-state index contributed by atoms with van der Waals surface area (Å²) in [5.41, 5.74) is 1.26. The fraction of sp³-hybridized carbons (Fsp3) is 0.692. The van der Waals surface area contributed by atoms with Crippen LogP contribution in [-0.2, 0) is 6.54 Å². The fourth-order valence-electron chi connectivity index (χ4n) is 2.41. The van der Waals surface area contributed by atoms with Gasteiger partial charge in [-0.25, -0.2) is 0 Å². The highest BCUT2D eigenvalue weighted by atomic mass is 35.5. The van der Waals surface area contributed by atoms with Gasteiger partial charge in [0.25, 0.3) is 5.91 Å². The summed E-state index contributed by atoms with van der Waals surface area (Å²) in [6, 6.07) is 0. The molecule has 1 aliphatic rings. The maximum atomic E-state index is 12.6. The standard InChI is InChI=1S/C13H21ClN4O/c1-4-16-6-8-17(9-7-16)13(19)12-11(14)10(3)15-18(12)5-2/h4-9H2,1-3H3. The first-order valence-electron chi connectivity index (χ1n) is 6.83. The number of halogens is 1. The van der Waals surface area contributed by atoms with Crippen LogP contribution in [0.25, 0.3) is 0 Å². The summed E-state index contributed by atoms with van der Waals surface area (Å²) in [7, 11) is 0. The second-order valence-electron chi connectivity index (χ2n) is 4.79. The molecule has 2 heterocycles. The molecule has 0 radical (unpaired) electrons. The van der Waals surface area contributed by atoms with Crippen molar-refractivity contribution in [3.05, 3.63) is 16.4 Å². The molecule has 0 N–H and O–H groups in total. The maximum absolute atomic E-state index is 12.6. The van der Waals surface area contributed by atoms with E-state index >= 15 is 0 Å². The van der Waals surface area contributed by atoms with Crippen LogP contribution in [0.4, 0.5) is 0 Å². The Morgan fingerprint density at radius 1 is 1.21 bits per heavy atom. The number of hydrogen-bond acceptors (Lipinski definition) is 3. The number of nitrogens with zero attached hydrogens (tertiary/aromatic N) is 4. The average Bonchev–Trinajstić information content (AvgIpc) is 2.73. The van der Waals surface area contributed by atoms with Gasteiger partial charge in [0.1, 0.15) is 5.69 Å². The molecule has 1 aromatic rings.